The van der Waals surface area contributed by atoms with Crippen LogP contribution in [0.25, 0.3) is 0 Å². The maximum absolute atomic E-state index is 12.7. The van der Waals surface area contributed by atoms with Gasteiger partial charge in [0.25, 0.3) is 0 Å². The molecule has 140 valence electrons. The molecule has 1 aliphatic heterocycles. The number of hydrogen-bond acceptors (Lipinski definition) is 4. The summed E-state index contributed by atoms with van der Waals surface area (Å²) in [7, 11) is 0. The lowest BCUT2D eigenvalue weighted by Crippen LogP contribution is -2.70. The van der Waals surface area contributed by atoms with Crippen LogP contribution in [0.4, 0.5) is 9.59 Å². The number of carbonyl (C=O) groups is 2. The van der Waals surface area contributed by atoms with Gasteiger partial charge in [0, 0.05) is 6.04 Å². The number of benzene rings is 1. The third kappa shape index (κ3) is 3.02. The Balaban J connectivity index is 1.37. The predicted molar refractivity (Wildman–Crippen MR) is 95.4 cm³/mol. The summed E-state index contributed by atoms with van der Waals surface area (Å²) in [5.41, 5.74) is 0.444. The largest absolute Gasteiger partial charge is 0.445 e. The van der Waals surface area contributed by atoms with Crippen molar-refractivity contribution < 1.29 is 19.1 Å². The highest BCUT2D eigenvalue weighted by atomic mass is 16.6. The van der Waals surface area contributed by atoms with Crippen molar-refractivity contribution in [2.45, 2.75) is 63.9 Å². The third-order valence-electron chi connectivity index (χ3n) is 5.72. The highest BCUT2D eigenvalue weighted by Gasteiger charge is 2.67. The van der Waals surface area contributed by atoms with Crippen LogP contribution < -0.4 is 5.32 Å². The highest BCUT2D eigenvalue weighted by Crippen LogP contribution is 2.58. The highest BCUT2D eigenvalue weighted by molar-refractivity contribution is 5.72. The van der Waals surface area contributed by atoms with Crippen molar-refractivity contribution in [2.24, 2.45) is 11.8 Å². The van der Waals surface area contributed by atoms with Crippen molar-refractivity contribution in [1.29, 1.82) is 0 Å². The summed E-state index contributed by atoms with van der Waals surface area (Å²) >= 11 is 0. The van der Waals surface area contributed by atoms with Gasteiger partial charge in [0.2, 0.25) is 0 Å². The molecular formula is C20H26N2O4. The molecule has 1 heterocycles. The van der Waals surface area contributed by atoms with E-state index in [4.69, 9.17) is 9.47 Å². The van der Waals surface area contributed by atoms with Gasteiger partial charge < -0.3 is 14.8 Å². The molecule has 0 radical (unpaired) electrons. The van der Waals surface area contributed by atoms with Crippen LogP contribution in [-0.2, 0) is 16.1 Å². The molecule has 2 bridgehead atoms. The average molecular weight is 358 g/mol. The quantitative estimate of drug-likeness (QED) is 0.900. The molecule has 0 spiro atoms. The fourth-order valence-electron chi connectivity index (χ4n) is 4.80. The summed E-state index contributed by atoms with van der Waals surface area (Å²) < 4.78 is 10.9. The van der Waals surface area contributed by atoms with Crippen LogP contribution in [0.15, 0.2) is 30.3 Å². The maximum atomic E-state index is 12.7. The van der Waals surface area contributed by atoms with E-state index in [1.165, 1.54) is 0 Å². The van der Waals surface area contributed by atoms with E-state index in [9.17, 15) is 9.59 Å². The van der Waals surface area contributed by atoms with Crippen molar-refractivity contribution in [1.82, 2.24) is 10.2 Å². The van der Waals surface area contributed by atoms with Gasteiger partial charge in [-0.15, -0.1) is 0 Å². The number of piperidine rings is 2. The molecule has 26 heavy (non-hydrogen) atoms. The van der Waals surface area contributed by atoms with Crippen LogP contribution in [0.5, 0.6) is 0 Å². The molecular weight excluding hydrogens is 332 g/mol. The number of nitrogens with zero attached hydrogens (tertiary/aromatic N) is 1. The molecule has 6 nitrogen and oxygen atoms in total. The van der Waals surface area contributed by atoms with Crippen LogP contribution in [0.1, 0.15) is 39.2 Å². The zero-order valence-electron chi connectivity index (χ0n) is 15.5. The molecule has 2 amide bonds. The fraction of sp³-hybridized carbons (Fsp3) is 0.600. The molecule has 1 saturated heterocycles. The molecule has 3 aliphatic rings. The summed E-state index contributed by atoms with van der Waals surface area (Å²) in [5.74, 6) is 0.930. The summed E-state index contributed by atoms with van der Waals surface area (Å²) in [5, 5.41) is 2.98. The van der Waals surface area contributed by atoms with Gasteiger partial charge in [0.15, 0.2) is 0 Å². The van der Waals surface area contributed by atoms with Gasteiger partial charge in [0.1, 0.15) is 12.2 Å². The van der Waals surface area contributed by atoms with E-state index in [1.807, 2.05) is 56.0 Å². The number of hydrogen-bond donors (Lipinski definition) is 1. The summed E-state index contributed by atoms with van der Waals surface area (Å²) in [6, 6.07) is 9.93. The monoisotopic (exact) mass is 358 g/mol. The predicted octanol–water partition coefficient (Wildman–Crippen LogP) is 3.31. The lowest BCUT2D eigenvalue weighted by Gasteiger charge is -2.54. The Kier molecular flexibility index (Phi) is 4.09. The Morgan fingerprint density at radius 3 is 2.50 bits per heavy atom. The number of fused-ring (bicyclic) bond motifs is 1. The Morgan fingerprint density at radius 2 is 1.85 bits per heavy atom. The van der Waals surface area contributed by atoms with Crippen molar-refractivity contribution >= 4 is 12.2 Å². The summed E-state index contributed by atoms with van der Waals surface area (Å²) in [6.45, 7) is 5.81. The normalized spacial score (nSPS) is 31.3. The van der Waals surface area contributed by atoms with Crippen molar-refractivity contribution in [3.63, 3.8) is 0 Å². The second-order valence-electron chi connectivity index (χ2n) is 8.56. The zero-order valence-corrected chi connectivity index (χ0v) is 15.5. The van der Waals surface area contributed by atoms with Gasteiger partial charge in [-0.3, -0.25) is 4.90 Å². The lowest BCUT2D eigenvalue weighted by atomic mass is 9.65. The summed E-state index contributed by atoms with van der Waals surface area (Å²) in [6.07, 6.45) is 1.26. The van der Waals surface area contributed by atoms with Crippen molar-refractivity contribution in [3.05, 3.63) is 35.9 Å². The molecule has 3 fully saturated rings. The van der Waals surface area contributed by atoms with E-state index in [2.05, 4.69) is 5.32 Å². The van der Waals surface area contributed by atoms with E-state index in [1.54, 1.807) is 0 Å². The van der Waals surface area contributed by atoms with Crippen molar-refractivity contribution in [3.8, 4) is 0 Å². The molecule has 4 rings (SSSR count). The van der Waals surface area contributed by atoms with Gasteiger partial charge >= 0.3 is 12.2 Å². The number of ether oxygens (including phenoxy) is 2. The number of amides is 2. The van der Waals surface area contributed by atoms with E-state index in [-0.39, 0.29) is 30.8 Å². The molecule has 1 aromatic carbocycles. The maximum Gasteiger partial charge on any atom is 0.410 e. The minimum Gasteiger partial charge on any atom is -0.445 e. The first-order valence-electron chi connectivity index (χ1n) is 9.32. The fourth-order valence-corrected chi connectivity index (χ4v) is 4.80. The van der Waals surface area contributed by atoms with Gasteiger partial charge in [0.05, 0.1) is 12.1 Å². The number of rotatable bonds is 3. The number of likely N-dealkylation sites (tertiary alicyclic amines) is 1. The first-order valence-corrected chi connectivity index (χ1v) is 9.32. The van der Waals surface area contributed by atoms with Crippen LogP contribution >= 0.6 is 0 Å². The number of nitrogens with one attached hydrogen (secondary N) is 1. The number of alkyl carbamates (subject to hydrolysis) is 1. The van der Waals surface area contributed by atoms with Gasteiger partial charge in [-0.05, 0) is 51.0 Å². The second-order valence-corrected chi connectivity index (χ2v) is 8.56. The van der Waals surface area contributed by atoms with Crippen LogP contribution in [0, 0.1) is 11.8 Å². The molecule has 5 atom stereocenters. The molecule has 2 aliphatic carbocycles. The lowest BCUT2D eigenvalue weighted by molar-refractivity contribution is -0.0389. The molecule has 6 heteroatoms. The topological polar surface area (TPSA) is 67.9 Å². The molecule has 0 aromatic heterocycles. The first kappa shape index (κ1) is 17.2. The minimum atomic E-state index is -0.528. The SMILES string of the molecule is CC(C)(C)OC(=O)N[C@H]1[C@H]2C3C[C@@H](C[C@@H]31)N2C(=O)OCc1ccccc1. The Labute approximate surface area is 153 Å². The molecule has 1 N–H and O–H groups in total. The Morgan fingerprint density at radius 1 is 1.15 bits per heavy atom. The zero-order chi connectivity index (χ0) is 18.5. The summed E-state index contributed by atoms with van der Waals surface area (Å²) in [4.78, 5) is 26.7. The standard InChI is InChI=1S/C20H26N2O4/c1-20(2,3)26-18(23)21-16-14-9-13-10-15(14)17(16)22(13)19(24)25-11-12-7-5-4-6-8-12/h4-8,13-17H,9-11H2,1-3H3,(H,21,23)/t13-,14+,15?,16-,17-/m1/s1. The van der Waals surface area contributed by atoms with Crippen LogP contribution in [-0.4, -0.2) is 40.8 Å². The van der Waals surface area contributed by atoms with Gasteiger partial charge in [-0.25, -0.2) is 9.59 Å². The molecule has 1 unspecified atom stereocenters. The minimum absolute atomic E-state index is 0.0297. The Bertz CT molecular complexity index is 700. The van der Waals surface area contributed by atoms with E-state index in [0.717, 1.165) is 18.4 Å². The van der Waals surface area contributed by atoms with Crippen molar-refractivity contribution in [2.75, 3.05) is 0 Å². The third-order valence-corrected chi connectivity index (χ3v) is 5.72. The van der Waals surface area contributed by atoms with E-state index < -0.39 is 11.7 Å². The van der Waals surface area contributed by atoms with Gasteiger partial charge in [-0.2, -0.15) is 0 Å². The average Bonchev–Trinajstić information content (AvgIpc) is 3.10. The van der Waals surface area contributed by atoms with Gasteiger partial charge in [-0.1, -0.05) is 30.3 Å². The van der Waals surface area contributed by atoms with Crippen LogP contribution in [0.2, 0.25) is 0 Å². The Hall–Kier alpha value is -2.24. The smallest absolute Gasteiger partial charge is 0.410 e. The van der Waals surface area contributed by atoms with Crippen LogP contribution in [0.3, 0.4) is 0 Å². The second kappa shape index (κ2) is 6.18. The molecule has 1 aromatic rings. The molecule has 2 saturated carbocycles. The van der Waals surface area contributed by atoms with E-state index in [0.29, 0.717) is 11.8 Å². The van der Waals surface area contributed by atoms with E-state index >= 15 is 0 Å². The number of carbonyl (C=O) groups excluding carboxylic acids is 2. The first-order chi connectivity index (χ1) is 12.3.